The Hall–Kier alpha value is -2.32. The molecule has 0 aromatic heterocycles. The Morgan fingerprint density at radius 1 is 0.733 bits per heavy atom. The van der Waals surface area contributed by atoms with Crippen molar-refractivity contribution in [2.75, 3.05) is 0 Å². The summed E-state index contributed by atoms with van der Waals surface area (Å²) in [4.78, 5) is 49.0. The highest BCUT2D eigenvalue weighted by molar-refractivity contribution is 5.90. The molecule has 0 unspecified atom stereocenters. The molecule has 30 heavy (non-hydrogen) atoms. The van der Waals surface area contributed by atoms with Crippen molar-refractivity contribution >= 4 is 23.9 Å². The van der Waals surface area contributed by atoms with Crippen LogP contribution in [0.2, 0.25) is 0 Å². The summed E-state index contributed by atoms with van der Waals surface area (Å²) in [5.74, 6) is -1.76. The van der Waals surface area contributed by atoms with Gasteiger partial charge < -0.3 is 24.8 Å². The van der Waals surface area contributed by atoms with Crippen LogP contribution in [0.4, 0.5) is 4.79 Å². The van der Waals surface area contributed by atoms with Crippen molar-refractivity contribution in [3.8, 4) is 0 Å². The molecule has 0 aromatic rings. The summed E-state index contributed by atoms with van der Waals surface area (Å²) in [6.07, 6.45) is -0.940. The van der Waals surface area contributed by atoms with Gasteiger partial charge in [-0.3, -0.25) is 9.59 Å². The lowest BCUT2D eigenvalue weighted by molar-refractivity contribution is -0.158. The molecule has 0 aliphatic heterocycles. The Balaban J connectivity index is 5.16. The second-order valence-electron chi connectivity index (χ2n) is 10.1. The van der Waals surface area contributed by atoms with E-state index >= 15 is 0 Å². The Bertz CT molecular complexity index is 625. The molecule has 9 heteroatoms. The van der Waals surface area contributed by atoms with Gasteiger partial charge in [0.25, 0.3) is 0 Å². The monoisotopic (exact) mass is 430 g/mol. The zero-order valence-corrected chi connectivity index (χ0v) is 19.9. The van der Waals surface area contributed by atoms with E-state index in [4.69, 9.17) is 14.2 Å². The van der Waals surface area contributed by atoms with Gasteiger partial charge in [0.05, 0.1) is 0 Å². The van der Waals surface area contributed by atoms with Gasteiger partial charge in [-0.2, -0.15) is 0 Å². The standard InChI is InChI=1S/C21H38N2O7/c1-13(17(26)29-20(5,6)7)22-16(25)14(23-18(27)30-21(8,9)10)11-12-15(24)28-19(2,3)4/h13-14H,11-12H2,1-10H3,(H,22,25)(H,23,27)/t13-,14-/m0/s1. The molecule has 0 saturated carbocycles. The maximum atomic E-state index is 12.7. The zero-order chi connectivity index (χ0) is 23.9. The molecule has 0 spiro atoms. The Labute approximate surface area is 179 Å². The van der Waals surface area contributed by atoms with E-state index in [1.165, 1.54) is 6.92 Å². The first-order valence-corrected chi connectivity index (χ1v) is 10.0. The largest absolute Gasteiger partial charge is 0.460 e. The van der Waals surface area contributed by atoms with Gasteiger partial charge in [-0.15, -0.1) is 0 Å². The molecule has 174 valence electrons. The molecule has 0 radical (unpaired) electrons. The summed E-state index contributed by atoms with van der Waals surface area (Å²) in [6.45, 7) is 16.9. The van der Waals surface area contributed by atoms with Gasteiger partial charge in [0.1, 0.15) is 28.9 Å². The summed E-state index contributed by atoms with van der Waals surface area (Å²) in [5.41, 5.74) is -2.14. The van der Waals surface area contributed by atoms with E-state index in [0.717, 1.165) is 0 Å². The summed E-state index contributed by atoms with van der Waals surface area (Å²) in [6, 6.07) is -2.04. The van der Waals surface area contributed by atoms with Crippen LogP contribution in [0.15, 0.2) is 0 Å². The van der Waals surface area contributed by atoms with E-state index in [-0.39, 0.29) is 12.8 Å². The molecule has 2 amide bonds. The van der Waals surface area contributed by atoms with Crippen LogP contribution in [0.1, 0.15) is 82.1 Å². The number of carbonyl (C=O) groups is 4. The fraction of sp³-hybridized carbons (Fsp3) is 0.810. The molecule has 0 saturated heterocycles. The number of hydrogen-bond donors (Lipinski definition) is 2. The SMILES string of the molecule is C[C@H](NC(=O)[C@H](CCC(=O)OC(C)(C)C)NC(=O)OC(C)(C)C)C(=O)OC(C)(C)C. The average Bonchev–Trinajstić information content (AvgIpc) is 2.45. The van der Waals surface area contributed by atoms with Gasteiger partial charge in [0.15, 0.2) is 0 Å². The first-order chi connectivity index (χ1) is 13.3. The van der Waals surface area contributed by atoms with Crippen molar-refractivity contribution in [2.24, 2.45) is 0 Å². The van der Waals surface area contributed by atoms with Crippen LogP contribution in [-0.2, 0) is 28.6 Å². The molecule has 2 atom stereocenters. The summed E-state index contributed by atoms with van der Waals surface area (Å²) < 4.78 is 15.7. The van der Waals surface area contributed by atoms with Gasteiger partial charge >= 0.3 is 18.0 Å². The van der Waals surface area contributed by atoms with Crippen LogP contribution in [-0.4, -0.2) is 52.8 Å². The van der Waals surface area contributed by atoms with Crippen LogP contribution in [0.25, 0.3) is 0 Å². The second-order valence-corrected chi connectivity index (χ2v) is 10.1. The molecule has 0 heterocycles. The van der Waals surface area contributed by atoms with Crippen LogP contribution in [0.3, 0.4) is 0 Å². The van der Waals surface area contributed by atoms with Crippen molar-refractivity contribution in [3.63, 3.8) is 0 Å². The van der Waals surface area contributed by atoms with Crippen molar-refractivity contribution < 1.29 is 33.4 Å². The minimum atomic E-state index is -1.10. The van der Waals surface area contributed by atoms with Gasteiger partial charge in [0.2, 0.25) is 5.91 Å². The Morgan fingerprint density at radius 2 is 1.20 bits per heavy atom. The summed E-state index contributed by atoms with van der Waals surface area (Å²) in [7, 11) is 0. The maximum absolute atomic E-state index is 12.7. The third kappa shape index (κ3) is 13.8. The van der Waals surface area contributed by atoms with Crippen LogP contribution >= 0.6 is 0 Å². The number of ether oxygens (including phenoxy) is 3. The second kappa shape index (κ2) is 10.6. The van der Waals surface area contributed by atoms with E-state index in [1.807, 2.05) is 0 Å². The molecule has 0 aromatic carbocycles. The highest BCUT2D eigenvalue weighted by Gasteiger charge is 2.29. The number of hydrogen-bond acceptors (Lipinski definition) is 7. The maximum Gasteiger partial charge on any atom is 0.408 e. The van der Waals surface area contributed by atoms with Crippen molar-refractivity contribution in [1.29, 1.82) is 0 Å². The Kier molecular flexibility index (Phi) is 9.81. The smallest absolute Gasteiger partial charge is 0.408 e. The van der Waals surface area contributed by atoms with E-state index in [9.17, 15) is 19.2 Å². The number of amides is 2. The average molecular weight is 431 g/mol. The Morgan fingerprint density at radius 3 is 1.63 bits per heavy atom. The van der Waals surface area contributed by atoms with Gasteiger partial charge in [-0.05, 0) is 75.7 Å². The van der Waals surface area contributed by atoms with Crippen LogP contribution in [0, 0.1) is 0 Å². The van der Waals surface area contributed by atoms with Crippen molar-refractivity contribution in [3.05, 3.63) is 0 Å². The van der Waals surface area contributed by atoms with Gasteiger partial charge in [-0.1, -0.05) is 0 Å². The van der Waals surface area contributed by atoms with Crippen molar-refractivity contribution in [2.45, 2.75) is 111 Å². The zero-order valence-electron chi connectivity index (χ0n) is 19.9. The predicted octanol–water partition coefficient (Wildman–Crippen LogP) is 2.85. The molecule has 2 N–H and O–H groups in total. The molecular weight excluding hydrogens is 392 g/mol. The lowest BCUT2D eigenvalue weighted by Gasteiger charge is -2.26. The molecular formula is C21H38N2O7. The van der Waals surface area contributed by atoms with Gasteiger partial charge in [0, 0.05) is 6.42 Å². The van der Waals surface area contributed by atoms with E-state index < -0.39 is 52.8 Å². The lowest BCUT2D eigenvalue weighted by atomic mass is 10.1. The highest BCUT2D eigenvalue weighted by Crippen LogP contribution is 2.12. The highest BCUT2D eigenvalue weighted by atomic mass is 16.6. The number of esters is 2. The fourth-order valence-electron chi connectivity index (χ4n) is 2.14. The number of nitrogens with one attached hydrogen (secondary N) is 2. The first-order valence-electron chi connectivity index (χ1n) is 10.0. The molecule has 0 rings (SSSR count). The number of carbonyl (C=O) groups excluding carboxylic acids is 4. The molecule has 9 nitrogen and oxygen atoms in total. The topological polar surface area (TPSA) is 120 Å². The van der Waals surface area contributed by atoms with Gasteiger partial charge in [-0.25, -0.2) is 9.59 Å². The first kappa shape index (κ1) is 27.7. The van der Waals surface area contributed by atoms with Crippen molar-refractivity contribution in [1.82, 2.24) is 10.6 Å². The van der Waals surface area contributed by atoms with E-state index in [0.29, 0.717) is 0 Å². The quantitative estimate of drug-likeness (QED) is 0.471. The summed E-state index contributed by atoms with van der Waals surface area (Å²) >= 11 is 0. The predicted molar refractivity (Wildman–Crippen MR) is 112 cm³/mol. The third-order valence-corrected chi connectivity index (χ3v) is 3.18. The third-order valence-electron chi connectivity index (χ3n) is 3.18. The lowest BCUT2D eigenvalue weighted by Crippen LogP contribution is -2.52. The minimum Gasteiger partial charge on any atom is -0.460 e. The molecule has 0 aliphatic rings. The number of rotatable bonds is 7. The van der Waals surface area contributed by atoms with E-state index in [1.54, 1.807) is 62.3 Å². The summed E-state index contributed by atoms with van der Waals surface area (Å²) in [5, 5.41) is 4.96. The normalized spacial score (nSPS) is 14.2. The molecule has 0 fully saturated rings. The van der Waals surface area contributed by atoms with E-state index in [2.05, 4.69) is 10.6 Å². The minimum absolute atomic E-state index is 0.0268. The fourth-order valence-corrected chi connectivity index (χ4v) is 2.14. The van der Waals surface area contributed by atoms with Crippen LogP contribution < -0.4 is 10.6 Å². The van der Waals surface area contributed by atoms with Crippen LogP contribution in [0.5, 0.6) is 0 Å². The molecule has 0 bridgehead atoms. The number of alkyl carbamates (subject to hydrolysis) is 1. The molecule has 0 aliphatic carbocycles.